The Morgan fingerprint density at radius 2 is 2.15 bits per heavy atom. The SMILES string of the molecule is COC(=O)CC1CCCN(Cc2ccc(C)c(C)c2)C1. The third-order valence-corrected chi connectivity index (χ3v) is 4.26. The smallest absolute Gasteiger partial charge is 0.305 e. The Hall–Kier alpha value is -1.35. The van der Waals surface area contributed by atoms with Gasteiger partial charge in [0.2, 0.25) is 0 Å². The maximum atomic E-state index is 11.4. The summed E-state index contributed by atoms with van der Waals surface area (Å²) < 4.78 is 4.78. The van der Waals surface area contributed by atoms with Crippen molar-refractivity contribution in [3.63, 3.8) is 0 Å². The summed E-state index contributed by atoms with van der Waals surface area (Å²) in [6, 6.07) is 6.69. The van der Waals surface area contributed by atoms with Crippen molar-refractivity contribution in [2.75, 3.05) is 20.2 Å². The molecule has 0 spiro atoms. The minimum absolute atomic E-state index is 0.0805. The summed E-state index contributed by atoms with van der Waals surface area (Å²) in [5, 5.41) is 0. The van der Waals surface area contributed by atoms with Crippen LogP contribution in [0.25, 0.3) is 0 Å². The summed E-state index contributed by atoms with van der Waals surface area (Å²) >= 11 is 0. The predicted octanol–water partition coefficient (Wildman–Crippen LogP) is 3.08. The molecule has 1 heterocycles. The topological polar surface area (TPSA) is 29.5 Å². The number of methoxy groups -OCH3 is 1. The van der Waals surface area contributed by atoms with Crippen LogP contribution in [0.15, 0.2) is 18.2 Å². The van der Waals surface area contributed by atoms with E-state index in [1.54, 1.807) is 0 Å². The van der Waals surface area contributed by atoms with Gasteiger partial charge in [0.25, 0.3) is 0 Å². The summed E-state index contributed by atoms with van der Waals surface area (Å²) in [5.41, 5.74) is 4.06. The number of carbonyl (C=O) groups excluding carboxylic acids is 1. The van der Waals surface area contributed by atoms with E-state index in [-0.39, 0.29) is 5.97 Å². The first-order valence-corrected chi connectivity index (χ1v) is 7.44. The molecule has 3 heteroatoms. The van der Waals surface area contributed by atoms with Gasteiger partial charge in [-0.05, 0) is 55.8 Å². The number of nitrogens with zero attached hydrogens (tertiary/aromatic N) is 1. The lowest BCUT2D eigenvalue weighted by Crippen LogP contribution is -2.35. The van der Waals surface area contributed by atoms with Crippen LogP contribution in [-0.2, 0) is 16.1 Å². The lowest BCUT2D eigenvalue weighted by atomic mass is 9.94. The first-order chi connectivity index (χ1) is 9.58. The lowest BCUT2D eigenvalue weighted by Gasteiger charge is -2.32. The van der Waals surface area contributed by atoms with Crippen molar-refractivity contribution >= 4 is 5.97 Å². The number of likely N-dealkylation sites (tertiary alicyclic amines) is 1. The third kappa shape index (κ3) is 4.07. The molecule has 1 fully saturated rings. The van der Waals surface area contributed by atoms with Gasteiger partial charge in [0.15, 0.2) is 0 Å². The van der Waals surface area contributed by atoms with Crippen LogP contribution in [-0.4, -0.2) is 31.1 Å². The van der Waals surface area contributed by atoms with Gasteiger partial charge in [-0.2, -0.15) is 0 Å². The average Bonchev–Trinajstić information content (AvgIpc) is 2.43. The van der Waals surface area contributed by atoms with Crippen LogP contribution < -0.4 is 0 Å². The van der Waals surface area contributed by atoms with Crippen LogP contribution in [0, 0.1) is 19.8 Å². The molecule has 110 valence electrons. The van der Waals surface area contributed by atoms with Gasteiger partial charge < -0.3 is 4.74 Å². The van der Waals surface area contributed by atoms with Gasteiger partial charge >= 0.3 is 5.97 Å². The minimum Gasteiger partial charge on any atom is -0.469 e. The highest BCUT2D eigenvalue weighted by Crippen LogP contribution is 2.22. The van der Waals surface area contributed by atoms with Crippen LogP contribution in [0.2, 0.25) is 0 Å². The molecule has 0 radical (unpaired) electrons. The summed E-state index contributed by atoms with van der Waals surface area (Å²) in [6.07, 6.45) is 2.87. The highest BCUT2D eigenvalue weighted by Gasteiger charge is 2.22. The van der Waals surface area contributed by atoms with E-state index >= 15 is 0 Å². The molecule has 2 rings (SSSR count). The number of hydrogen-bond donors (Lipinski definition) is 0. The number of piperidine rings is 1. The normalized spacial score (nSPS) is 19.9. The van der Waals surface area contributed by atoms with Crippen LogP contribution in [0.3, 0.4) is 0 Å². The minimum atomic E-state index is -0.0805. The molecule has 1 saturated heterocycles. The van der Waals surface area contributed by atoms with E-state index in [1.165, 1.54) is 30.2 Å². The fourth-order valence-corrected chi connectivity index (χ4v) is 2.94. The largest absolute Gasteiger partial charge is 0.469 e. The van der Waals surface area contributed by atoms with E-state index in [0.29, 0.717) is 12.3 Å². The van der Waals surface area contributed by atoms with Gasteiger partial charge in [0.1, 0.15) is 0 Å². The summed E-state index contributed by atoms with van der Waals surface area (Å²) in [5.74, 6) is 0.366. The molecule has 1 aromatic carbocycles. The molecule has 1 aliphatic heterocycles. The highest BCUT2D eigenvalue weighted by molar-refractivity contribution is 5.69. The average molecular weight is 275 g/mol. The van der Waals surface area contributed by atoms with E-state index in [2.05, 4.69) is 36.9 Å². The van der Waals surface area contributed by atoms with Crippen molar-refractivity contribution in [2.24, 2.45) is 5.92 Å². The van der Waals surface area contributed by atoms with Gasteiger partial charge in [0.05, 0.1) is 7.11 Å². The molecule has 1 unspecified atom stereocenters. The Bertz CT molecular complexity index is 470. The van der Waals surface area contributed by atoms with Gasteiger partial charge in [-0.3, -0.25) is 9.69 Å². The van der Waals surface area contributed by atoms with Gasteiger partial charge in [-0.1, -0.05) is 18.2 Å². The van der Waals surface area contributed by atoms with E-state index in [9.17, 15) is 4.79 Å². The molecule has 0 aliphatic carbocycles. The van der Waals surface area contributed by atoms with Gasteiger partial charge in [-0.25, -0.2) is 0 Å². The first kappa shape index (κ1) is 15.0. The number of esters is 1. The first-order valence-electron chi connectivity index (χ1n) is 7.44. The van der Waals surface area contributed by atoms with Crippen molar-refractivity contribution in [1.82, 2.24) is 4.90 Å². The zero-order chi connectivity index (χ0) is 14.5. The molecule has 0 amide bonds. The summed E-state index contributed by atoms with van der Waals surface area (Å²) in [7, 11) is 1.47. The zero-order valence-electron chi connectivity index (χ0n) is 12.8. The molecular weight excluding hydrogens is 250 g/mol. The number of rotatable bonds is 4. The summed E-state index contributed by atoms with van der Waals surface area (Å²) in [4.78, 5) is 13.8. The Morgan fingerprint density at radius 3 is 2.85 bits per heavy atom. The fraction of sp³-hybridized carbons (Fsp3) is 0.588. The highest BCUT2D eigenvalue weighted by atomic mass is 16.5. The molecule has 3 nitrogen and oxygen atoms in total. The Kier molecular flexibility index (Phi) is 5.18. The number of benzene rings is 1. The van der Waals surface area contributed by atoms with Crippen LogP contribution in [0.1, 0.15) is 36.0 Å². The maximum absolute atomic E-state index is 11.4. The van der Waals surface area contributed by atoms with Crippen molar-refractivity contribution in [3.8, 4) is 0 Å². The standard InChI is InChI=1S/C17H25NO2/c1-13-6-7-16(9-14(13)2)12-18-8-4-5-15(11-18)10-17(19)20-3/h6-7,9,15H,4-5,8,10-12H2,1-3H3. The van der Waals surface area contributed by atoms with Gasteiger partial charge in [-0.15, -0.1) is 0 Å². The van der Waals surface area contributed by atoms with Crippen LogP contribution in [0.4, 0.5) is 0 Å². The number of hydrogen-bond acceptors (Lipinski definition) is 3. The maximum Gasteiger partial charge on any atom is 0.305 e. The quantitative estimate of drug-likeness (QED) is 0.791. The second kappa shape index (κ2) is 6.89. The number of aryl methyl sites for hydroxylation is 2. The van der Waals surface area contributed by atoms with Crippen LogP contribution in [0.5, 0.6) is 0 Å². The number of carbonyl (C=O) groups is 1. The predicted molar refractivity (Wildman–Crippen MR) is 80.6 cm³/mol. The number of ether oxygens (including phenoxy) is 1. The van der Waals surface area contributed by atoms with Crippen LogP contribution >= 0.6 is 0 Å². The van der Waals surface area contributed by atoms with Gasteiger partial charge in [0, 0.05) is 19.5 Å². The molecular formula is C17H25NO2. The Balaban J connectivity index is 1.92. The molecule has 0 aromatic heterocycles. The zero-order valence-corrected chi connectivity index (χ0v) is 12.8. The van der Waals surface area contributed by atoms with Crippen molar-refractivity contribution in [3.05, 3.63) is 34.9 Å². The molecule has 0 N–H and O–H groups in total. The van der Waals surface area contributed by atoms with Crippen molar-refractivity contribution in [2.45, 2.75) is 39.7 Å². The van der Waals surface area contributed by atoms with E-state index in [1.807, 2.05) is 0 Å². The molecule has 1 aliphatic rings. The second-order valence-electron chi connectivity index (χ2n) is 5.94. The van der Waals surface area contributed by atoms with Crippen molar-refractivity contribution < 1.29 is 9.53 Å². The van der Waals surface area contributed by atoms with E-state index in [4.69, 9.17) is 4.74 Å². The Morgan fingerprint density at radius 1 is 1.35 bits per heavy atom. The van der Waals surface area contributed by atoms with E-state index < -0.39 is 0 Å². The third-order valence-electron chi connectivity index (χ3n) is 4.26. The molecule has 20 heavy (non-hydrogen) atoms. The summed E-state index contributed by atoms with van der Waals surface area (Å²) in [6.45, 7) is 7.42. The monoisotopic (exact) mass is 275 g/mol. The molecule has 0 bridgehead atoms. The molecule has 1 atom stereocenters. The van der Waals surface area contributed by atoms with Crippen molar-refractivity contribution in [1.29, 1.82) is 0 Å². The molecule has 0 saturated carbocycles. The molecule has 1 aromatic rings. The Labute approximate surface area is 121 Å². The van der Waals surface area contributed by atoms with E-state index in [0.717, 1.165) is 26.1 Å². The lowest BCUT2D eigenvalue weighted by molar-refractivity contribution is -0.142. The fourth-order valence-electron chi connectivity index (χ4n) is 2.94. The second-order valence-corrected chi connectivity index (χ2v) is 5.94.